The molecule has 3 heteroatoms. The molecule has 0 atom stereocenters. The number of rotatable bonds is 0. The van der Waals surface area contributed by atoms with Crippen molar-refractivity contribution >= 4 is 17.4 Å². The van der Waals surface area contributed by atoms with Crippen LogP contribution in [0.1, 0.15) is 18.5 Å². The van der Waals surface area contributed by atoms with E-state index in [-0.39, 0.29) is 41.9 Å². The molecule has 1 fully saturated rings. The average molecular weight is 123 g/mol. The molecule has 0 aliphatic carbocycles. The van der Waals surface area contributed by atoms with Crippen LogP contribution >= 0.6 is 0 Å². The van der Waals surface area contributed by atoms with Crippen LogP contribution in [0.15, 0.2) is 0 Å². The van der Waals surface area contributed by atoms with Crippen molar-refractivity contribution in [3.05, 3.63) is 0 Å². The monoisotopic (exact) mass is 123 g/mol. The molecule has 0 aromatic heterocycles. The van der Waals surface area contributed by atoms with Crippen molar-refractivity contribution in [2.75, 3.05) is 20.1 Å². The van der Waals surface area contributed by atoms with Gasteiger partial charge in [-0.2, -0.15) is 0 Å². The van der Waals surface area contributed by atoms with Crippen LogP contribution in [0.25, 0.3) is 0 Å². The summed E-state index contributed by atoms with van der Waals surface area (Å²) in [5, 5.41) is 0. The van der Waals surface area contributed by atoms with Gasteiger partial charge in [0, 0.05) is 0 Å². The maximum absolute atomic E-state index is 2.36. The molecular weight excluding hydrogens is 108 g/mol. The molecule has 0 amide bonds. The second-order valence-corrected chi connectivity index (χ2v) is 2.01. The topological polar surface area (TPSA) is 3.24 Å². The molecule has 1 saturated heterocycles. The van der Waals surface area contributed by atoms with E-state index in [0.717, 1.165) is 0 Å². The number of hydrogen-bond donors (Lipinski definition) is 0. The van der Waals surface area contributed by atoms with E-state index < -0.39 is 0 Å². The van der Waals surface area contributed by atoms with Gasteiger partial charge in [0.25, 0.3) is 0 Å². The molecule has 0 aromatic carbocycles. The summed E-state index contributed by atoms with van der Waals surface area (Å²) in [6.07, 6.45) is 2.83. The Morgan fingerprint density at radius 2 is 1.62 bits per heavy atom. The van der Waals surface area contributed by atoms with Crippen LogP contribution in [0.4, 0.5) is 0 Å². The normalized spacial score (nSPS) is 19.1. The second kappa shape index (κ2) is 6.21. The summed E-state index contributed by atoms with van der Waals surface area (Å²) in [4.78, 5) is 2.36. The van der Waals surface area contributed by atoms with Gasteiger partial charge in [-0.15, -0.1) is 0 Å². The first kappa shape index (κ1) is 11.8. The Kier molecular flexibility index (Phi) is 9.19. The number of hydrogen-bond acceptors (Lipinski definition) is 1. The third-order valence-electron chi connectivity index (χ3n) is 1.33. The number of nitrogens with zero attached hydrogens (tertiary/aromatic N) is 1. The zero-order valence-corrected chi connectivity index (χ0v) is 7.01. The molecule has 0 aromatic rings. The Balaban J connectivity index is -0.0000000150. The van der Waals surface area contributed by atoms with Crippen LogP contribution in [-0.2, 0) is 0 Å². The van der Waals surface area contributed by atoms with Gasteiger partial charge in [0.2, 0.25) is 0 Å². The fourth-order valence-corrected chi connectivity index (χ4v) is 0.875. The summed E-state index contributed by atoms with van der Waals surface area (Å²) in [6.45, 7) is 2.64. The van der Waals surface area contributed by atoms with E-state index in [1.807, 2.05) is 0 Å². The van der Waals surface area contributed by atoms with Gasteiger partial charge in [0.15, 0.2) is 0 Å². The quantitative estimate of drug-likeness (QED) is 0.330. The summed E-state index contributed by atoms with van der Waals surface area (Å²) in [6, 6.07) is 0. The van der Waals surface area contributed by atoms with E-state index in [0.29, 0.717) is 0 Å². The van der Waals surface area contributed by atoms with Crippen LogP contribution in [0, 0.1) is 0 Å². The summed E-state index contributed by atoms with van der Waals surface area (Å²) in [7, 11) is 2.17. The Hall–Kier alpha value is 1.09. The molecule has 1 heterocycles. The van der Waals surface area contributed by atoms with Gasteiger partial charge in [0.05, 0.1) is 0 Å². The van der Waals surface area contributed by atoms with Crippen molar-refractivity contribution in [2.45, 2.75) is 12.8 Å². The molecule has 0 spiro atoms. The molecule has 0 bridgehead atoms. The second-order valence-electron chi connectivity index (χ2n) is 2.01. The average Bonchev–Trinajstić information content (AvgIpc) is 1.86. The van der Waals surface area contributed by atoms with E-state index in [2.05, 4.69) is 11.9 Å². The molecule has 1 nitrogen and oxygen atoms in total. The van der Waals surface area contributed by atoms with Gasteiger partial charge in [-0.25, -0.2) is 0 Å². The molecule has 0 unspecified atom stereocenters. The van der Waals surface area contributed by atoms with Gasteiger partial charge < -0.3 is 10.6 Å². The van der Waals surface area contributed by atoms with Gasteiger partial charge in [-0.05, 0) is 33.0 Å². The summed E-state index contributed by atoms with van der Waals surface area (Å²) >= 11 is 0. The zero-order chi connectivity index (χ0) is 4.41. The minimum atomic E-state index is 0. The Morgan fingerprint density at radius 3 is 1.75 bits per heavy atom. The van der Waals surface area contributed by atoms with Crippen molar-refractivity contribution < 1.29 is 24.6 Å². The number of likely N-dealkylation sites (tertiary alicyclic amines) is 1. The van der Waals surface area contributed by atoms with Gasteiger partial charge in [-0.1, -0.05) is 0 Å². The standard InChI is InChI=1S/C5H11N.Al.Li.4H/c1-6-4-2-3-5-6;;;;;;/h2-5H2,1H3;;;;;;/q;+3;+1;4*-1. The largest absolute Gasteiger partial charge is 3.00 e. The Labute approximate surface area is 80.1 Å². The summed E-state index contributed by atoms with van der Waals surface area (Å²) in [5.74, 6) is 0. The summed E-state index contributed by atoms with van der Waals surface area (Å²) < 4.78 is 0. The Bertz CT molecular complexity index is 56.7. The van der Waals surface area contributed by atoms with E-state index in [1.165, 1.54) is 25.9 Å². The van der Waals surface area contributed by atoms with Crippen LogP contribution in [0.2, 0.25) is 0 Å². The fourth-order valence-electron chi connectivity index (χ4n) is 0.875. The van der Waals surface area contributed by atoms with Gasteiger partial charge >= 0.3 is 36.2 Å². The molecule has 1 rings (SSSR count). The molecule has 0 radical (unpaired) electrons. The van der Waals surface area contributed by atoms with Crippen LogP contribution in [-0.4, -0.2) is 42.4 Å². The molecular formula is C5H15AlLiN. The molecule has 0 N–H and O–H groups in total. The van der Waals surface area contributed by atoms with Crippen LogP contribution in [0.5, 0.6) is 0 Å². The SMILES string of the molecule is CN1CCCC1.[Al+3].[H-].[H-].[H-].[H-].[Li+]. The third-order valence-corrected chi connectivity index (χ3v) is 1.33. The van der Waals surface area contributed by atoms with Crippen molar-refractivity contribution in [1.29, 1.82) is 0 Å². The molecule has 44 valence electrons. The van der Waals surface area contributed by atoms with E-state index in [4.69, 9.17) is 0 Å². The zero-order valence-electron chi connectivity index (χ0n) is 9.85. The first-order chi connectivity index (χ1) is 2.89. The van der Waals surface area contributed by atoms with Crippen molar-refractivity contribution in [2.24, 2.45) is 0 Å². The predicted octanol–water partition coefficient (Wildman–Crippen LogP) is -2.21. The molecule has 1 aliphatic heterocycles. The van der Waals surface area contributed by atoms with Crippen molar-refractivity contribution in [3.8, 4) is 0 Å². The first-order valence-electron chi connectivity index (χ1n) is 2.58. The van der Waals surface area contributed by atoms with E-state index in [9.17, 15) is 0 Å². The summed E-state index contributed by atoms with van der Waals surface area (Å²) in [5.41, 5.74) is 0. The van der Waals surface area contributed by atoms with Crippen LogP contribution < -0.4 is 18.9 Å². The molecule has 8 heavy (non-hydrogen) atoms. The Morgan fingerprint density at radius 1 is 1.25 bits per heavy atom. The fraction of sp³-hybridized carbons (Fsp3) is 1.00. The maximum atomic E-state index is 2.36. The van der Waals surface area contributed by atoms with Crippen molar-refractivity contribution in [3.63, 3.8) is 0 Å². The van der Waals surface area contributed by atoms with E-state index in [1.54, 1.807) is 0 Å². The van der Waals surface area contributed by atoms with E-state index >= 15 is 0 Å². The smallest absolute Gasteiger partial charge is 1.00 e. The van der Waals surface area contributed by atoms with Gasteiger partial charge in [0.1, 0.15) is 0 Å². The third kappa shape index (κ3) is 4.02. The van der Waals surface area contributed by atoms with Crippen molar-refractivity contribution in [1.82, 2.24) is 4.90 Å². The molecule has 0 saturated carbocycles. The maximum Gasteiger partial charge on any atom is 3.00 e. The minimum Gasteiger partial charge on any atom is -1.00 e. The minimum absolute atomic E-state index is 0. The van der Waals surface area contributed by atoms with Gasteiger partial charge in [-0.3, -0.25) is 0 Å². The predicted molar refractivity (Wildman–Crippen MR) is 36.9 cm³/mol. The first-order valence-corrected chi connectivity index (χ1v) is 2.58. The molecule has 1 aliphatic rings. The van der Waals surface area contributed by atoms with Crippen LogP contribution in [0.3, 0.4) is 0 Å².